The fourth-order valence-corrected chi connectivity index (χ4v) is 3.60. The van der Waals surface area contributed by atoms with Gasteiger partial charge in [-0.3, -0.25) is 15.2 Å². The number of H-pyrrole nitrogens is 1. The highest BCUT2D eigenvalue weighted by Gasteiger charge is 2.39. The molecule has 0 aliphatic heterocycles. The van der Waals surface area contributed by atoms with Gasteiger partial charge in [-0.15, -0.1) is 0 Å². The first-order valence-electron chi connectivity index (χ1n) is 9.83. The molecule has 0 saturated heterocycles. The summed E-state index contributed by atoms with van der Waals surface area (Å²) in [6.07, 6.45) is -0.812. The smallest absolute Gasteiger partial charge is 0.412 e. The predicted molar refractivity (Wildman–Crippen MR) is 112 cm³/mol. The number of benzene rings is 2. The van der Waals surface area contributed by atoms with Crippen molar-refractivity contribution in [3.8, 4) is 11.1 Å². The summed E-state index contributed by atoms with van der Waals surface area (Å²) < 4.78 is 31.5. The number of nitrogens with one attached hydrogen (secondary N) is 3. The first kappa shape index (κ1) is 21.9. The van der Waals surface area contributed by atoms with E-state index in [0.717, 1.165) is 28.3 Å². The number of aromatic nitrogens is 2. The lowest BCUT2D eigenvalue weighted by atomic mass is 9.98. The minimum atomic E-state index is -4.11. The lowest BCUT2D eigenvalue weighted by Gasteiger charge is -2.14. The number of nitrogens with zero attached hydrogens (tertiary/aromatic N) is 1. The minimum Gasteiger partial charge on any atom is -0.477 e. The Labute approximate surface area is 185 Å². The number of aromatic amines is 1. The van der Waals surface area contributed by atoms with E-state index in [9.17, 15) is 23.2 Å². The van der Waals surface area contributed by atoms with E-state index in [0.29, 0.717) is 0 Å². The quantitative estimate of drug-likeness (QED) is 0.431. The molecule has 170 valence electrons. The number of aliphatic carboxylic acids is 1. The molecule has 4 rings (SSSR count). The molecule has 11 heteroatoms. The third-order valence-corrected chi connectivity index (χ3v) is 5.18. The number of fused-ring (bicyclic) bond motifs is 3. The molecule has 0 unspecified atom stereocenters. The Kier molecular flexibility index (Phi) is 5.78. The van der Waals surface area contributed by atoms with Crippen LogP contribution < -0.4 is 10.6 Å². The van der Waals surface area contributed by atoms with Crippen LogP contribution >= 0.6 is 0 Å². The molecule has 0 radical (unpaired) electrons. The van der Waals surface area contributed by atoms with Crippen molar-refractivity contribution < 1.29 is 33.0 Å². The predicted octanol–water partition coefficient (Wildman–Crippen LogP) is 3.22. The van der Waals surface area contributed by atoms with Crippen LogP contribution in [0.3, 0.4) is 0 Å². The summed E-state index contributed by atoms with van der Waals surface area (Å²) in [4.78, 5) is 34.6. The first-order chi connectivity index (χ1) is 15.8. The molecule has 1 heterocycles. The van der Waals surface area contributed by atoms with E-state index in [-0.39, 0.29) is 24.0 Å². The summed E-state index contributed by atoms with van der Waals surface area (Å²) in [5, 5.41) is 18.5. The van der Waals surface area contributed by atoms with E-state index in [1.165, 1.54) is 0 Å². The van der Waals surface area contributed by atoms with E-state index in [4.69, 9.17) is 9.84 Å². The summed E-state index contributed by atoms with van der Waals surface area (Å²) >= 11 is 0. The van der Waals surface area contributed by atoms with Crippen LogP contribution in [0.5, 0.6) is 0 Å². The summed E-state index contributed by atoms with van der Waals surface area (Å²) in [6.45, 7) is -1.32. The molecule has 4 N–H and O–H groups in total. The van der Waals surface area contributed by atoms with Crippen molar-refractivity contribution in [2.75, 3.05) is 18.5 Å². The van der Waals surface area contributed by atoms with E-state index < -0.39 is 30.4 Å². The van der Waals surface area contributed by atoms with Gasteiger partial charge in [-0.2, -0.15) is 13.9 Å². The van der Waals surface area contributed by atoms with Crippen molar-refractivity contribution in [2.45, 2.75) is 11.8 Å². The van der Waals surface area contributed by atoms with Crippen molar-refractivity contribution in [1.29, 1.82) is 0 Å². The monoisotopic (exact) mass is 456 g/mol. The molecular weight excluding hydrogens is 438 g/mol. The first-order valence-corrected chi connectivity index (χ1v) is 9.83. The molecule has 2 amide bonds. The number of carboxylic acids is 1. The molecule has 1 aliphatic rings. The zero-order valence-corrected chi connectivity index (χ0v) is 17.0. The molecule has 33 heavy (non-hydrogen) atoms. The average molecular weight is 456 g/mol. The molecule has 1 aliphatic carbocycles. The van der Waals surface area contributed by atoms with Crippen molar-refractivity contribution in [3.63, 3.8) is 0 Å². The molecule has 3 aromatic rings. The largest absolute Gasteiger partial charge is 0.477 e. The van der Waals surface area contributed by atoms with Crippen molar-refractivity contribution >= 4 is 23.8 Å². The van der Waals surface area contributed by atoms with Crippen LogP contribution in [-0.2, 0) is 9.53 Å². The second kappa shape index (κ2) is 8.69. The van der Waals surface area contributed by atoms with Crippen LogP contribution in [0.15, 0.2) is 54.6 Å². The van der Waals surface area contributed by atoms with Gasteiger partial charge in [0.15, 0.2) is 5.82 Å². The van der Waals surface area contributed by atoms with Gasteiger partial charge in [-0.25, -0.2) is 9.59 Å². The summed E-state index contributed by atoms with van der Waals surface area (Å²) in [5.41, 5.74) is 4.01. The normalized spacial score (nSPS) is 12.5. The van der Waals surface area contributed by atoms with Crippen molar-refractivity contribution in [1.82, 2.24) is 15.5 Å². The van der Waals surface area contributed by atoms with Gasteiger partial charge in [-0.05, 0) is 22.3 Å². The fourth-order valence-electron chi connectivity index (χ4n) is 3.60. The maximum Gasteiger partial charge on any atom is 0.412 e. The Hall–Kier alpha value is -4.28. The van der Waals surface area contributed by atoms with Crippen LogP contribution in [-0.4, -0.2) is 52.3 Å². The van der Waals surface area contributed by atoms with Gasteiger partial charge >= 0.3 is 18.0 Å². The van der Waals surface area contributed by atoms with Crippen LogP contribution in [0.4, 0.5) is 19.4 Å². The van der Waals surface area contributed by atoms with Gasteiger partial charge < -0.3 is 15.2 Å². The Balaban J connectivity index is 1.35. The van der Waals surface area contributed by atoms with Crippen molar-refractivity contribution in [3.05, 3.63) is 71.4 Å². The van der Waals surface area contributed by atoms with Gasteiger partial charge in [0.2, 0.25) is 0 Å². The molecule has 0 fully saturated rings. The molecule has 0 bridgehead atoms. The fraction of sp³-hybridized carbons (Fsp3) is 0.182. The highest BCUT2D eigenvalue weighted by Crippen LogP contribution is 2.44. The maximum atomic E-state index is 13.1. The topological polar surface area (TPSA) is 133 Å². The van der Waals surface area contributed by atoms with Crippen molar-refractivity contribution in [2.24, 2.45) is 0 Å². The van der Waals surface area contributed by atoms with Gasteiger partial charge in [-0.1, -0.05) is 48.5 Å². The number of amides is 2. The van der Waals surface area contributed by atoms with Gasteiger partial charge in [0.25, 0.3) is 5.91 Å². The molecule has 2 aromatic carbocycles. The second-order valence-electron chi connectivity index (χ2n) is 7.31. The number of carbonyl (C=O) groups is 3. The van der Waals surface area contributed by atoms with E-state index >= 15 is 0 Å². The Morgan fingerprint density at radius 3 is 2.27 bits per heavy atom. The minimum absolute atomic E-state index is 0.0673. The molecule has 0 saturated carbocycles. The summed E-state index contributed by atoms with van der Waals surface area (Å²) in [7, 11) is 0. The Morgan fingerprint density at radius 2 is 1.67 bits per heavy atom. The van der Waals surface area contributed by atoms with Gasteiger partial charge in [0.1, 0.15) is 12.3 Å². The Morgan fingerprint density at radius 1 is 1.06 bits per heavy atom. The Bertz CT molecular complexity index is 1180. The van der Waals surface area contributed by atoms with Crippen LogP contribution in [0.2, 0.25) is 0 Å². The highest BCUT2D eigenvalue weighted by atomic mass is 19.3. The zero-order valence-electron chi connectivity index (χ0n) is 17.0. The number of carbonyl (C=O) groups excluding carboxylic acids is 2. The number of hydrogen-bond donors (Lipinski definition) is 4. The summed E-state index contributed by atoms with van der Waals surface area (Å²) in [6, 6.07) is 16.8. The number of carboxylic acid groups (broad SMARTS) is 1. The highest BCUT2D eigenvalue weighted by molar-refractivity contribution is 5.94. The SMILES string of the molecule is O=C(Nc1cc(C(=O)NCC(F)(F)C(=O)O)[nH]n1)OCC1c2ccccc2-c2ccccc21. The molecule has 0 atom stereocenters. The second-order valence-corrected chi connectivity index (χ2v) is 7.31. The number of alkyl halides is 2. The molecular formula is C22H18F2N4O5. The number of halogens is 2. The van der Waals surface area contributed by atoms with Crippen LogP contribution in [0, 0.1) is 0 Å². The average Bonchev–Trinajstić information content (AvgIpc) is 3.39. The van der Waals surface area contributed by atoms with E-state index in [2.05, 4.69) is 15.5 Å². The van der Waals surface area contributed by atoms with Crippen LogP contribution in [0.25, 0.3) is 11.1 Å². The molecule has 0 spiro atoms. The van der Waals surface area contributed by atoms with Crippen LogP contribution in [0.1, 0.15) is 27.5 Å². The van der Waals surface area contributed by atoms with E-state index in [1.54, 1.807) is 5.32 Å². The molecule has 1 aromatic heterocycles. The number of ether oxygens (including phenoxy) is 1. The maximum absolute atomic E-state index is 13.1. The van der Waals surface area contributed by atoms with Gasteiger partial charge in [0, 0.05) is 12.0 Å². The third-order valence-electron chi connectivity index (χ3n) is 5.18. The number of anilines is 1. The lowest BCUT2D eigenvalue weighted by Crippen LogP contribution is -2.42. The molecule has 9 nitrogen and oxygen atoms in total. The number of hydrogen-bond acceptors (Lipinski definition) is 5. The number of rotatable bonds is 7. The van der Waals surface area contributed by atoms with E-state index in [1.807, 2.05) is 48.5 Å². The lowest BCUT2D eigenvalue weighted by molar-refractivity contribution is -0.163. The zero-order chi connectivity index (χ0) is 23.6. The third kappa shape index (κ3) is 4.52. The standard InChI is InChI=1S/C22H18F2N4O5/c23-22(24,20(30)31)11-25-19(29)17-9-18(28-27-17)26-21(32)33-10-16-14-7-3-1-5-12(14)13-6-2-4-8-15(13)16/h1-9,16H,10-11H2,(H,25,29)(H,30,31)(H2,26,27,28,32). The van der Waals surface area contributed by atoms with Gasteiger partial charge in [0.05, 0.1) is 6.54 Å². The summed E-state index contributed by atoms with van der Waals surface area (Å²) in [5.74, 6) is -7.69.